The second kappa shape index (κ2) is 12.0. The summed E-state index contributed by atoms with van der Waals surface area (Å²) >= 11 is 1.69. The Hall–Kier alpha value is -3.20. The molecule has 0 spiro atoms. The fourth-order valence-electron chi connectivity index (χ4n) is 2.85. The van der Waals surface area contributed by atoms with Crippen molar-refractivity contribution in [1.29, 1.82) is 0 Å². The van der Waals surface area contributed by atoms with E-state index in [0.717, 1.165) is 22.8 Å². The van der Waals surface area contributed by atoms with Gasteiger partial charge in [-0.15, -0.1) is 16.9 Å². The smallest absolute Gasteiger partial charge is 0.322 e. The molecular formula is C23H27N3O5S. The molecule has 170 valence electrons. The number of anilines is 1. The average molecular weight is 458 g/mol. The number of methoxy groups -OCH3 is 1. The molecule has 8 nitrogen and oxygen atoms in total. The van der Waals surface area contributed by atoms with Crippen LogP contribution in [0.1, 0.15) is 26.7 Å². The lowest BCUT2D eigenvalue weighted by Crippen LogP contribution is -2.11. The maximum atomic E-state index is 12.2. The lowest BCUT2D eigenvalue weighted by Gasteiger charge is -2.11. The summed E-state index contributed by atoms with van der Waals surface area (Å²) in [6.45, 7) is 4.85. The summed E-state index contributed by atoms with van der Waals surface area (Å²) in [7, 11) is 1.64. The van der Waals surface area contributed by atoms with Crippen molar-refractivity contribution in [2.24, 2.45) is 0 Å². The summed E-state index contributed by atoms with van der Waals surface area (Å²) in [5.41, 5.74) is 0.681. The van der Waals surface area contributed by atoms with Gasteiger partial charge in [0.2, 0.25) is 11.8 Å². The summed E-state index contributed by atoms with van der Waals surface area (Å²) in [4.78, 5) is 13.3. The van der Waals surface area contributed by atoms with Crippen molar-refractivity contribution in [3.8, 4) is 28.7 Å². The molecule has 3 rings (SSSR count). The Labute approximate surface area is 191 Å². The van der Waals surface area contributed by atoms with Gasteiger partial charge in [0, 0.05) is 16.9 Å². The lowest BCUT2D eigenvalue weighted by atomic mass is 10.2. The molecule has 32 heavy (non-hydrogen) atoms. The maximum absolute atomic E-state index is 12.2. The van der Waals surface area contributed by atoms with Gasteiger partial charge in [0.05, 0.1) is 20.3 Å². The molecule has 2 aromatic carbocycles. The number of nitrogens with one attached hydrogen (secondary N) is 1. The number of amides is 1. The van der Waals surface area contributed by atoms with Crippen LogP contribution < -0.4 is 19.5 Å². The molecule has 3 aromatic rings. The first-order valence-electron chi connectivity index (χ1n) is 10.4. The molecule has 0 aliphatic heterocycles. The maximum Gasteiger partial charge on any atom is 0.322 e. The molecule has 1 amide bonds. The first-order chi connectivity index (χ1) is 15.6. The molecule has 1 N–H and O–H groups in total. The molecule has 0 aliphatic carbocycles. The quantitative estimate of drug-likeness (QED) is 0.298. The molecule has 0 unspecified atom stereocenters. The Balaban J connectivity index is 1.49. The minimum atomic E-state index is -0.169. The molecule has 0 aliphatic rings. The summed E-state index contributed by atoms with van der Waals surface area (Å²) < 4.78 is 22.0. The number of hydrogen-bond donors (Lipinski definition) is 1. The van der Waals surface area contributed by atoms with E-state index in [1.165, 1.54) is 0 Å². The second-order valence-corrected chi connectivity index (χ2v) is 7.78. The molecule has 0 radical (unpaired) electrons. The SMILES string of the molecule is CCOc1ccc(-c2nnc(NC(=O)CCCSc3ccc(OC)cc3)o2)cc1OCC. The molecule has 0 fully saturated rings. The summed E-state index contributed by atoms with van der Waals surface area (Å²) in [5.74, 6) is 3.02. The van der Waals surface area contributed by atoms with Crippen LogP contribution in [0.5, 0.6) is 17.2 Å². The normalized spacial score (nSPS) is 10.6. The highest BCUT2D eigenvalue weighted by Crippen LogP contribution is 2.33. The van der Waals surface area contributed by atoms with Crippen molar-refractivity contribution >= 4 is 23.7 Å². The molecule has 0 atom stereocenters. The Morgan fingerprint density at radius 3 is 2.50 bits per heavy atom. The van der Waals surface area contributed by atoms with Gasteiger partial charge in [0.25, 0.3) is 0 Å². The number of carbonyl (C=O) groups excluding carboxylic acids is 1. The Bertz CT molecular complexity index is 1010. The standard InChI is InChI=1S/C23H27N3O5S/c1-4-29-19-13-8-16(15-20(19)30-5-2)22-25-26-23(31-22)24-21(27)7-6-14-32-18-11-9-17(28-3)10-12-18/h8-13,15H,4-7,14H2,1-3H3,(H,24,26,27). The van der Waals surface area contributed by atoms with E-state index in [0.29, 0.717) is 42.6 Å². The lowest BCUT2D eigenvalue weighted by molar-refractivity contribution is -0.116. The van der Waals surface area contributed by atoms with Crippen LogP contribution in [0.2, 0.25) is 0 Å². The number of thioether (sulfide) groups is 1. The van der Waals surface area contributed by atoms with E-state index < -0.39 is 0 Å². The highest BCUT2D eigenvalue weighted by atomic mass is 32.2. The summed E-state index contributed by atoms with van der Waals surface area (Å²) in [5, 5.41) is 10.6. The zero-order valence-electron chi connectivity index (χ0n) is 18.4. The van der Waals surface area contributed by atoms with Crippen LogP contribution in [-0.2, 0) is 4.79 Å². The van der Waals surface area contributed by atoms with E-state index >= 15 is 0 Å². The molecule has 9 heteroatoms. The van der Waals surface area contributed by atoms with Gasteiger partial charge in [0.15, 0.2) is 11.5 Å². The largest absolute Gasteiger partial charge is 0.497 e. The minimum Gasteiger partial charge on any atom is -0.497 e. The van der Waals surface area contributed by atoms with Crippen molar-refractivity contribution < 1.29 is 23.4 Å². The van der Waals surface area contributed by atoms with Gasteiger partial charge in [-0.25, -0.2) is 0 Å². The van der Waals surface area contributed by atoms with E-state index in [4.69, 9.17) is 18.6 Å². The van der Waals surface area contributed by atoms with Gasteiger partial charge in [0.1, 0.15) is 5.75 Å². The van der Waals surface area contributed by atoms with Crippen LogP contribution in [0.4, 0.5) is 6.01 Å². The number of nitrogens with zero attached hydrogens (tertiary/aromatic N) is 2. The van der Waals surface area contributed by atoms with Crippen LogP contribution in [0.3, 0.4) is 0 Å². The van der Waals surface area contributed by atoms with E-state index in [1.54, 1.807) is 31.0 Å². The van der Waals surface area contributed by atoms with Crippen molar-refractivity contribution in [1.82, 2.24) is 10.2 Å². The number of carbonyl (C=O) groups is 1. The molecule has 0 saturated heterocycles. The monoisotopic (exact) mass is 457 g/mol. The number of rotatable bonds is 12. The Morgan fingerprint density at radius 1 is 1.03 bits per heavy atom. The topological polar surface area (TPSA) is 95.7 Å². The number of benzene rings is 2. The zero-order valence-corrected chi connectivity index (χ0v) is 19.2. The van der Waals surface area contributed by atoms with Crippen molar-refractivity contribution in [3.63, 3.8) is 0 Å². The number of hydrogen-bond acceptors (Lipinski definition) is 8. The van der Waals surface area contributed by atoms with Crippen LogP contribution in [0, 0.1) is 0 Å². The fourth-order valence-corrected chi connectivity index (χ4v) is 3.70. The zero-order chi connectivity index (χ0) is 22.8. The molecular weight excluding hydrogens is 430 g/mol. The molecule has 0 saturated carbocycles. The van der Waals surface area contributed by atoms with E-state index in [-0.39, 0.29) is 11.9 Å². The highest BCUT2D eigenvalue weighted by molar-refractivity contribution is 7.99. The molecule has 1 aromatic heterocycles. The van der Waals surface area contributed by atoms with Gasteiger partial charge in [-0.05, 0) is 68.5 Å². The second-order valence-electron chi connectivity index (χ2n) is 6.62. The van der Waals surface area contributed by atoms with Gasteiger partial charge in [-0.2, -0.15) is 0 Å². The predicted molar refractivity (Wildman–Crippen MR) is 124 cm³/mol. The summed E-state index contributed by atoms with van der Waals surface area (Å²) in [6, 6.07) is 13.3. The highest BCUT2D eigenvalue weighted by Gasteiger charge is 2.14. The van der Waals surface area contributed by atoms with Gasteiger partial charge in [-0.1, -0.05) is 5.10 Å². The van der Waals surface area contributed by atoms with Crippen LogP contribution in [0.25, 0.3) is 11.5 Å². The first kappa shape index (κ1) is 23.5. The van der Waals surface area contributed by atoms with Crippen molar-refractivity contribution in [3.05, 3.63) is 42.5 Å². The third-order valence-corrected chi connectivity index (χ3v) is 5.44. The van der Waals surface area contributed by atoms with Crippen LogP contribution >= 0.6 is 11.8 Å². The van der Waals surface area contributed by atoms with Crippen LogP contribution in [0.15, 0.2) is 51.8 Å². The molecule has 0 bridgehead atoms. The third kappa shape index (κ3) is 6.65. The van der Waals surface area contributed by atoms with Crippen LogP contribution in [-0.4, -0.2) is 42.2 Å². The third-order valence-electron chi connectivity index (χ3n) is 4.34. The number of ether oxygens (including phenoxy) is 3. The van der Waals surface area contributed by atoms with Gasteiger partial charge < -0.3 is 18.6 Å². The fraction of sp³-hybridized carbons (Fsp3) is 0.348. The first-order valence-corrected chi connectivity index (χ1v) is 11.4. The van der Waals surface area contributed by atoms with Gasteiger partial charge in [-0.3, -0.25) is 10.1 Å². The molecule has 1 heterocycles. The minimum absolute atomic E-state index is 0.0691. The van der Waals surface area contributed by atoms with E-state index in [9.17, 15) is 4.79 Å². The van der Waals surface area contributed by atoms with Gasteiger partial charge >= 0.3 is 6.01 Å². The average Bonchev–Trinajstić information content (AvgIpc) is 3.27. The van der Waals surface area contributed by atoms with E-state index in [2.05, 4.69) is 15.5 Å². The predicted octanol–water partition coefficient (Wildman–Crippen LogP) is 5.05. The van der Waals surface area contributed by atoms with Crippen molar-refractivity contribution in [2.45, 2.75) is 31.6 Å². The number of aromatic nitrogens is 2. The van der Waals surface area contributed by atoms with E-state index in [1.807, 2.05) is 44.2 Å². The Morgan fingerprint density at radius 2 is 1.78 bits per heavy atom. The summed E-state index contributed by atoms with van der Waals surface area (Å²) in [6.07, 6.45) is 1.08. The Kier molecular flexibility index (Phi) is 8.79. The van der Waals surface area contributed by atoms with Crippen molar-refractivity contribution in [2.75, 3.05) is 31.4 Å².